The summed E-state index contributed by atoms with van der Waals surface area (Å²) in [5.74, 6) is 0.725. The molecule has 0 amide bonds. The fourth-order valence-electron chi connectivity index (χ4n) is 6.11. The van der Waals surface area contributed by atoms with E-state index in [9.17, 15) is 4.79 Å². The molecule has 2 atom stereocenters. The number of benzene rings is 3. The molecule has 2 heterocycles. The van der Waals surface area contributed by atoms with Gasteiger partial charge in [-0.25, -0.2) is 9.37 Å². The summed E-state index contributed by atoms with van der Waals surface area (Å²) >= 11 is 0. The molecule has 0 unspecified atom stereocenters. The highest BCUT2D eigenvalue weighted by Gasteiger charge is 2.32. The highest BCUT2D eigenvalue weighted by Crippen LogP contribution is 2.45. The first kappa shape index (κ1) is 26.7. The lowest BCUT2D eigenvalue weighted by atomic mass is 9.88. The lowest BCUT2D eigenvalue weighted by Gasteiger charge is -2.19. The third-order valence-corrected chi connectivity index (χ3v) is 7.98. The van der Waals surface area contributed by atoms with E-state index in [1.165, 1.54) is 7.11 Å². The number of esters is 1. The SMILES string of the molecule is COC(=O)C[C@@H]1COc2cc(O[C@@H]3CCc4c(-c5c(C)cc(-c6ccnc(OC)n6)cc5C)ccc(F)c43)ccc21. The zero-order chi connectivity index (χ0) is 28.7. The molecular weight excluding hydrogens is 523 g/mol. The Morgan fingerprint density at radius 3 is 2.63 bits per heavy atom. The second-order valence-electron chi connectivity index (χ2n) is 10.5. The zero-order valence-corrected chi connectivity index (χ0v) is 23.5. The molecule has 0 spiro atoms. The zero-order valence-electron chi connectivity index (χ0n) is 23.5. The first-order valence-corrected chi connectivity index (χ1v) is 13.7. The highest BCUT2D eigenvalue weighted by molar-refractivity contribution is 5.79. The number of carbonyl (C=O) groups excluding carboxylic acids is 1. The maximum atomic E-state index is 15.3. The van der Waals surface area contributed by atoms with Crippen LogP contribution in [0.25, 0.3) is 22.4 Å². The molecule has 0 saturated heterocycles. The summed E-state index contributed by atoms with van der Waals surface area (Å²) in [6.45, 7) is 4.56. The number of fused-ring (bicyclic) bond motifs is 2. The number of ether oxygens (including phenoxy) is 4. The van der Waals surface area contributed by atoms with Crippen LogP contribution in [0.3, 0.4) is 0 Å². The van der Waals surface area contributed by atoms with Crippen LogP contribution in [-0.2, 0) is 16.0 Å². The summed E-state index contributed by atoms with van der Waals surface area (Å²) in [5.41, 5.74) is 8.56. The highest BCUT2D eigenvalue weighted by atomic mass is 19.1. The summed E-state index contributed by atoms with van der Waals surface area (Å²) in [7, 11) is 2.93. The second-order valence-corrected chi connectivity index (χ2v) is 10.5. The Hall–Kier alpha value is -4.46. The number of hydrogen-bond donors (Lipinski definition) is 0. The molecule has 2 aliphatic rings. The molecular formula is C33H31FN2O5. The van der Waals surface area contributed by atoms with E-state index in [0.717, 1.165) is 44.6 Å². The van der Waals surface area contributed by atoms with Crippen LogP contribution in [0.1, 0.15) is 52.7 Å². The minimum atomic E-state index is -0.413. The largest absolute Gasteiger partial charge is 0.492 e. The molecule has 7 nitrogen and oxygen atoms in total. The van der Waals surface area contributed by atoms with E-state index in [1.807, 2.05) is 30.3 Å². The van der Waals surface area contributed by atoms with Gasteiger partial charge in [0.25, 0.3) is 0 Å². The lowest BCUT2D eigenvalue weighted by Crippen LogP contribution is -2.09. The number of methoxy groups -OCH3 is 2. The predicted molar refractivity (Wildman–Crippen MR) is 152 cm³/mol. The molecule has 3 aromatic carbocycles. The van der Waals surface area contributed by atoms with Gasteiger partial charge in [-0.15, -0.1) is 0 Å². The Kier molecular flexibility index (Phi) is 7.07. The number of aryl methyl sites for hydroxylation is 2. The maximum absolute atomic E-state index is 15.3. The Balaban J connectivity index is 1.29. The van der Waals surface area contributed by atoms with Crippen molar-refractivity contribution in [2.75, 3.05) is 20.8 Å². The van der Waals surface area contributed by atoms with Gasteiger partial charge in [-0.3, -0.25) is 4.79 Å². The van der Waals surface area contributed by atoms with Crippen LogP contribution >= 0.6 is 0 Å². The van der Waals surface area contributed by atoms with Crippen molar-refractivity contribution in [2.45, 2.75) is 45.1 Å². The molecule has 210 valence electrons. The van der Waals surface area contributed by atoms with E-state index in [-0.39, 0.29) is 24.1 Å². The van der Waals surface area contributed by atoms with Crippen LogP contribution in [0.4, 0.5) is 4.39 Å². The van der Waals surface area contributed by atoms with Crippen LogP contribution in [-0.4, -0.2) is 36.8 Å². The van der Waals surface area contributed by atoms with Crippen molar-refractivity contribution in [3.05, 3.63) is 88.4 Å². The average Bonchev–Trinajstić information content (AvgIpc) is 3.58. The van der Waals surface area contributed by atoms with Crippen LogP contribution in [0.2, 0.25) is 0 Å². The molecule has 8 heteroatoms. The number of aromatic nitrogens is 2. The number of rotatable bonds is 7. The third-order valence-electron chi connectivity index (χ3n) is 7.98. The summed E-state index contributed by atoms with van der Waals surface area (Å²) in [4.78, 5) is 20.3. The number of hydrogen-bond acceptors (Lipinski definition) is 7. The van der Waals surface area contributed by atoms with Gasteiger partial charge in [0, 0.05) is 34.9 Å². The van der Waals surface area contributed by atoms with Gasteiger partial charge in [0.2, 0.25) is 0 Å². The molecule has 1 aromatic heterocycles. The fraction of sp³-hybridized carbons (Fsp3) is 0.303. The molecule has 0 fully saturated rings. The molecule has 1 aliphatic heterocycles. The van der Waals surface area contributed by atoms with Crippen LogP contribution in [0.15, 0.2) is 54.7 Å². The van der Waals surface area contributed by atoms with E-state index in [0.29, 0.717) is 42.5 Å². The van der Waals surface area contributed by atoms with Crippen molar-refractivity contribution in [1.29, 1.82) is 0 Å². The number of carbonyl (C=O) groups is 1. The van der Waals surface area contributed by atoms with Crippen molar-refractivity contribution in [3.63, 3.8) is 0 Å². The minimum absolute atomic E-state index is 0.0482. The lowest BCUT2D eigenvalue weighted by molar-refractivity contribution is -0.141. The van der Waals surface area contributed by atoms with Gasteiger partial charge in [0.15, 0.2) is 0 Å². The minimum Gasteiger partial charge on any atom is -0.492 e. The molecule has 1 aliphatic carbocycles. The van der Waals surface area contributed by atoms with Gasteiger partial charge in [-0.1, -0.05) is 12.1 Å². The summed E-state index contributed by atoms with van der Waals surface area (Å²) in [6.07, 6.45) is 2.91. The van der Waals surface area contributed by atoms with Gasteiger partial charge in [0.05, 0.1) is 32.9 Å². The molecule has 6 rings (SSSR count). The molecule has 0 bridgehead atoms. The Morgan fingerprint density at radius 1 is 1.07 bits per heavy atom. The van der Waals surface area contributed by atoms with Crippen molar-refractivity contribution >= 4 is 5.97 Å². The summed E-state index contributed by atoms with van der Waals surface area (Å²) in [6, 6.07) is 15.4. The standard InChI is InChI=1S/C33H31FN2O5/c1-18-13-20(27-11-12-35-33(36-27)39-4)14-19(2)31(18)24-7-9-26(34)32-25(24)8-10-28(32)41-22-5-6-23-21(15-30(37)38-3)17-40-29(23)16-22/h5-7,9,11-14,16,21,28H,8,10,15,17H2,1-4H3/t21-,28-/m1/s1. The summed E-state index contributed by atoms with van der Waals surface area (Å²) in [5, 5.41) is 0. The number of nitrogens with zero attached hydrogens (tertiary/aromatic N) is 2. The van der Waals surface area contributed by atoms with Gasteiger partial charge >= 0.3 is 12.0 Å². The third kappa shape index (κ3) is 4.99. The van der Waals surface area contributed by atoms with Crippen molar-refractivity contribution < 1.29 is 28.1 Å². The van der Waals surface area contributed by atoms with Crippen molar-refractivity contribution in [3.8, 4) is 39.9 Å². The van der Waals surface area contributed by atoms with E-state index in [1.54, 1.807) is 19.4 Å². The first-order valence-electron chi connectivity index (χ1n) is 13.7. The van der Waals surface area contributed by atoms with Gasteiger partial charge in [0.1, 0.15) is 23.4 Å². The van der Waals surface area contributed by atoms with Crippen LogP contribution in [0, 0.1) is 19.7 Å². The van der Waals surface area contributed by atoms with E-state index < -0.39 is 6.10 Å². The smallest absolute Gasteiger partial charge is 0.316 e. The Labute approximate surface area is 238 Å². The van der Waals surface area contributed by atoms with Gasteiger partial charge in [-0.05, 0) is 84.8 Å². The topological polar surface area (TPSA) is 79.8 Å². The Bertz CT molecular complexity index is 1630. The molecule has 0 radical (unpaired) electrons. The van der Waals surface area contributed by atoms with Crippen molar-refractivity contribution in [2.24, 2.45) is 0 Å². The normalized spacial score (nSPS) is 17.0. The fourth-order valence-corrected chi connectivity index (χ4v) is 6.11. The van der Waals surface area contributed by atoms with E-state index >= 15 is 4.39 Å². The quantitative estimate of drug-likeness (QED) is 0.236. The monoisotopic (exact) mass is 554 g/mol. The molecule has 0 N–H and O–H groups in total. The van der Waals surface area contributed by atoms with E-state index in [2.05, 4.69) is 35.9 Å². The van der Waals surface area contributed by atoms with Crippen LogP contribution < -0.4 is 14.2 Å². The average molecular weight is 555 g/mol. The van der Waals surface area contributed by atoms with E-state index in [4.69, 9.17) is 18.9 Å². The Morgan fingerprint density at radius 2 is 1.88 bits per heavy atom. The predicted octanol–water partition coefficient (Wildman–Crippen LogP) is 6.68. The van der Waals surface area contributed by atoms with Crippen molar-refractivity contribution in [1.82, 2.24) is 9.97 Å². The summed E-state index contributed by atoms with van der Waals surface area (Å²) < 4.78 is 37.5. The van der Waals surface area contributed by atoms with Gasteiger partial charge in [-0.2, -0.15) is 4.98 Å². The number of halogens is 1. The van der Waals surface area contributed by atoms with Gasteiger partial charge < -0.3 is 18.9 Å². The second kappa shape index (κ2) is 10.8. The molecule has 41 heavy (non-hydrogen) atoms. The first-order chi connectivity index (χ1) is 19.9. The van der Waals surface area contributed by atoms with Crippen LogP contribution in [0.5, 0.6) is 17.5 Å². The molecule has 4 aromatic rings. The maximum Gasteiger partial charge on any atom is 0.316 e. The molecule has 0 saturated carbocycles.